The first kappa shape index (κ1) is 9.85. The number of nitrogens with zero attached hydrogens (tertiary/aromatic N) is 2. The van der Waals surface area contributed by atoms with Gasteiger partial charge < -0.3 is 10.8 Å². The van der Waals surface area contributed by atoms with Gasteiger partial charge in [-0.2, -0.15) is 0 Å². The van der Waals surface area contributed by atoms with Gasteiger partial charge in [0, 0.05) is 5.38 Å². The Balaban J connectivity index is 2.77. The fraction of sp³-hybridized carbons (Fsp3) is 0.222. The van der Waals surface area contributed by atoms with Crippen LogP contribution in [0.5, 0.6) is 0 Å². The highest BCUT2D eigenvalue weighted by Gasteiger charge is 2.15. The van der Waals surface area contributed by atoms with E-state index in [2.05, 4.69) is 9.97 Å². The molecule has 2 aromatic rings. The molecule has 0 atom stereocenters. The van der Waals surface area contributed by atoms with Crippen LogP contribution < -0.4 is 5.73 Å². The largest absolute Gasteiger partial charge is 0.476 e. The number of hydrogen-bond donors (Lipinski definition) is 2. The normalized spacial score (nSPS) is 10.7. The Morgan fingerprint density at radius 2 is 2.33 bits per heavy atom. The summed E-state index contributed by atoms with van der Waals surface area (Å²) >= 11 is 1.37. The lowest BCUT2D eigenvalue weighted by atomic mass is 10.2. The highest BCUT2D eigenvalue weighted by Crippen LogP contribution is 2.25. The van der Waals surface area contributed by atoms with Crippen LogP contribution in [0.2, 0.25) is 0 Å². The fourth-order valence-electron chi connectivity index (χ4n) is 1.32. The van der Waals surface area contributed by atoms with Gasteiger partial charge in [0.1, 0.15) is 10.3 Å². The minimum absolute atomic E-state index is 0.00454. The zero-order chi connectivity index (χ0) is 11.0. The van der Waals surface area contributed by atoms with Crippen LogP contribution in [0, 0.1) is 0 Å². The van der Waals surface area contributed by atoms with E-state index >= 15 is 0 Å². The predicted molar refractivity (Wildman–Crippen MR) is 58.2 cm³/mol. The van der Waals surface area contributed by atoms with E-state index in [-0.39, 0.29) is 5.69 Å². The number of aromatic carboxylic acids is 1. The molecule has 78 valence electrons. The van der Waals surface area contributed by atoms with Crippen molar-refractivity contribution < 1.29 is 9.90 Å². The van der Waals surface area contributed by atoms with Gasteiger partial charge in [-0.05, 0) is 6.42 Å². The van der Waals surface area contributed by atoms with Gasteiger partial charge in [0.05, 0.1) is 11.4 Å². The number of carbonyl (C=O) groups is 1. The van der Waals surface area contributed by atoms with Gasteiger partial charge in [-0.1, -0.05) is 6.92 Å². The molecule has 2 aromatic heterocycles. The summed E-state index contributed by atoms with van der Waals surface area (Å²) < 4.78 is 0. The second-order valence-electron chi connectivity index (χ2n) is 3.02. The average Bonchev–Trinajstić information content (AvgIpc) is 2.58. The summed E-state index contributed by atoms with van der Waals surface area (Å²) in [6.45, 7) is 1.85. The quantitative estimate of drug-likeness (QED) is 0.806. The molecule has 0 spiro atoms. The second-order valence-corrected chi connectivity index (χ2v) is 3.88. The number of fused-ring (bicyclic) bond motifs is 1. The molecule has 15 heavy (non-hydrogen) atoms. The monoisotopic (exact) mass is 223 g/mol. The number of nitrogens with two attached hydrogens (primary N) is 1. The smallest absolute Gasteiger partial charge is 0.356 e. The van der Waals surface area contributed by atoms with E-state index in [0.717, 1.165) is 0 Å². The Kier molecular flexibility index (Phi) is 2.28. The number of carboxylic acid groups (broad SMARTS) is 1. The molecular weight excluding hydrogens is 214 g/mol. The Bertz CT molecular complexity index is 535. The van der Waals surface area contributed by atoms with Gasteiger partial charge in [-0.25, -0.2) is 14.8 Å². The first-order valence-electron chi connectivity index (χ1n) is 4.40. The molecule has 2 rings (SSSR count). The van der Waals surface area contributed by atoms with Gasteiger partial charge in [0.15, 0.2) is 5.69 Å². The molecule has 0 aliphatic rings. The molecule has 0 bridgehead atoms. The number of carboxylic acids is 1. The van der Waals surface area contributed by atoms with E-state index in [4.69, 9.17) is 10.8 Å². The van der Waals surface area contributed by atoms with Crippen molar-refractivity contribution in [3.05, 3.63) is 16.8 Å². The van der Waals surface area contributed by atoms with E-state index in [9.17, 15) is 4.79 Å². The summed E-state index contributed by atoms with van der Waals surface area (Å²) in [5.41, 5.74) is 7.10. The Labute approximate surface area is 89.6 Å². The average molecular weight is 223 g/mol. The summed E-state index contributed by atoms with van der Waals surface area (Å²) in [6, 6.07) is 0. The molecular formula is C9H9N3O2S. The zero-order valence-corrected chi connectivity index (χ0v) is 8.84. The lowest BCUT2D eigenvalue weighted by Gasteiger charge is -2.01. The van der Waals surface area contributed by atoms with E-state index in [1.807, 2.05) is 6.92 Å². The Morgan fingerprint density at radius 3 is 2.93 bits per heavy atom. The van der Waals surface area contributed by atoms with Crippen LogP contribution in [0.15, 0.2) is 5.38 Å². The van der Waals surface area contributed by atoms with Gasteiger partial charge >= 0.3 is 5.97 Å². The van der Waals surface area contributed by atoms with Gasteiger partial charge in [-0.3, -0.25) is 0 Å². The third kappa shape index (κ3) is 1.52. The minimum Gasteiger partial charge on any atom is -0.476 e. The second kappa shape index (κ2) is 3.47. The molecule has 0 aliphatic heterocycles. The summed E-state index contributed by atoms with van der Waals surface area (Å²) in [5.74, 6) is -1.06. The van der Waals surface area contributed by atoms with Crippen molar-refractivity contribution in [2.75, 3.05) is 5.73 Å². The molecule has 5 nitrogen and oxygen atoms in total. The lowest BCUT2D eigenvalue weighted by molar-refractivity contribution is 0.0689. The Hall–Kier alpha value is -1.69. The summed E-state index contributed by atoms with van der Waals surface area (Å²) in [7, 11) is 0. The number of aryl methyl sites for hydroxylation is 1. The number of nitrogen functional groups attached to an aromatic ring is 1. The van der Waals surface area contributed by atoms with Crippen molar-refractivity contribution in [3.63, 3.8) is 0 Å². The van der Waals surface area contributed by atoms with Crippen LogP contribution >= 0.6 is 11.3 Å². The van der Waals surface area contributed by atoms with Crippen LogP contribution in [0.25, 0.3) is 10.3 Å². The summed E-state index contributed by atoms with van der Waals surface area (Å²) in [6.07, 6.45) is 0.544. The van der Waals surface area contributed by atoms with E-state index in [1.54, 1.807) is 5.38 Å². The topological polar surface area (TPSA) is 89.1 Å². The van der Waals surface area contributed by atoms with Crippen molar-refractivity contribution in [1.29, 1.82) is 0 Å². The van der Waals surface area contributed by atoms with E-state index in [1.165, 1.54) is 11.3 Å². The molecule has 0 radical (unpaired) electrons. The zero-order valence-electron chi connectivity index (χ0n) is 8.02. The first-order valence-corrected chi connectivity index (χ1v) is 5.28. The number of thiophene rings is 1. The summed E-state index contributed by atoms with van der Waals surface area (Å²) in [5, 5.41) is 10.7. The molecule has 0 unspecified atom stereocenters. The van der Waals surface area contributed by atoms with Crippen molar-refractivity contribution in [2.45, 2.75) is 13.3 Å². The standard InChI is InChI=1S/C9H9N3O2S/c1-2-5-7(9(13)14)12-6-4(10)3-15-8(6)11-5/h3H,2,10H2,1H3,(H,13,14). The van der Waals surface area contributed by atoms with Crippen molar-refractivity contribution in [3.8, 4) is 0 Å². The molecule has 3 N–H and O–H groups in total. The molecule has 0 amide bonds. The van der Waals surface area contributed by atoms with Crippen LogP contribution in [0.4, 0.5) is 5.69 Å². The molecule has 0 fully saturated rings. The Morgan fingerprint density at radius 1 is 1.60 bits per heavy atom. The molecule has 0 saturated heterocycles. The maximum Gasteiger partial charge on any atom is 0.356 e. The van der Waals surface area contributed by atoms with Crippen LogP contribution in [-0.2, 0) is 6.42 Å². The maximum atomic E-state index is 10.9. The molecule has 6 heteroatoms. The third-order valence-electron chi connectivity index (χ3n) is 2.04. The van der Waals surface area contributed by atoms with E-state index in [0.29, 0.717) is 28.1 Å². The third-order valence-corrected chi connectivity index (χ3v) is 2.92. The van der Waals surface area contributed by atoms with Crippen molar-refractivity contribution in [1.82, 2.24) is 9.97 Å². The van der Waals surface area contributed by atoms with Gasteiger partial charge in [-0.15, -0.1) is 11.3 Å². The molecule has 2 heterocycles. The lowest BCUT2D eigenvalue weighted by Crippen LogP contribution is -2.07. The molecule has 0 aliphatic carbocycles. The minimum atomic E-state index is -1.06. The van der Waals surface area contributed by atoms with Gasteiger partial charge in [0.2, 0.25) is 0 Å². The highest BCUT2D eigenvalue weighted by molar-refractivity contribution is 7.17. The number of rotatable bonds is 2. The molecule has 0 aromatic carbocycles. The van der Waals surface area contributed by atoms with Crippen LogP contribution in [0.3, 0.4) is 0 Å². The van der Waals surface area contributed by atoms with Crippen LogP contribution in [-0.4, -0.2) is 21.0 Å². The van der Waals surface area contributed by atoms with Crippen molar-refractivity contribution >= 4 is 33.3 Å². The van der Waals surface area contributed by atoms with Crippen LogP contribution in [0.1, 0.15) is 23.1 Å². The number of hydrogen-bond acceptors (Lipinski definition) is 5. The highest BCUT2D eigenvalue weighted by atomic mass is 32.1. The first-order chi connectivity index (χ1) is 7.13. The summed E-state index contributed by atoms with van der Waals surface area (Å²) in [4.78, 5) is 19.9. The number of aromatic nitrogens is 2. The fourth-order valence-corrected chi connectivity index (χ4v) is 2.10. The number of anilines is 1. The predicted octanol–water partition coefficient (Wildman–Crippen LogP) is 1.53. The van der Waals surface area contributed by atoms with Gasteiger partial charge in [0.25, 0.3) is 0 Å². The molecule has 0 saturated carbocycles. The maximum absolute atomic E-state index is 10.9. The van der Waals surface area contributed by atoms with E-state index < -0.39 is 5.97 Å². The van der Waals surface area contributed by atoms with Crippen molar-refractivity contribution in [2.24, 2.45) is 0 Å². The SMILES string of the molecule is CCc1nc2scc(N)c2nc1C(=O)O.